The lowest BCUT2D eigenvalue weighted by Gasteiger charge is -2.08. The van der Waals surface area contributed by atoms with Gasteiger partial charge in [-0.05, 0) is 13.0 Å². The Hall–Kier alpha value is -1.55. The van der Waals surface area contributed by atoms with Gasteiger partial charge in [-0.3, -0.25) is 10.1 Å². The number of hydrogen-bond acceptors (Lipinski definition) is 6. The van der Waals surface area contributed by atoms with E-state index in [1.807, 2.05) is 0 Å². The van der Waals surface area contributed by atoms with Crippen molar-refractivity contribution in [2.45, 2.75) is 17.9 Å². The van der Waals surface area contributed by atoms with Crippen molar-refractivity contribution in [1.29, 1.82) is 0 Å². The summed E-state index contributed by atoms with van der Waals surface area (Å²) < 4.78 is 26.1. The van der Waals surface area contributed by atoms with Gasteiger partial charge in [0.05, 0.1) is 15.9 Å². The number of nitrogens with one attached hydrogen (secondary N) is 2. The van der Waals surface area contributed by atoms with Crippen LogP contribution < -0.4 is 10.0 Å². The van der Waals surface area contributed by atoms with E-state index in [4.69, 9.17) is 5.11 Å². The van der Waals surface area contributed by atoms with Crippen LogP contribution in [0.2, 0.25) is 0 Å². The summed E-state index contributed by atoms with van der Waals surface area (Å²) in [5.74, 6) is 0. The van der Waals surface area contributed by atoms with Crippen molar-refractivity contribution >= 4 is 15.7 Å². The van der Waals surface area contributed by atoms with Crippen molar-refractivity contribution < 1.29 is 18.4 Å². The van der Waals surface area contributed by atoms with Crippen LogP contribution in [0.25, 0.3) is 0 Å². The summed E-state index contributed by atoms with van der Waals surface area (Å²) in [5.41, 5.74) is -0.278. The molecule has 1 unspecified atom stereocenters. The molecule has 0 aliphatic carbocycles. The summed E-state index contributed by atoms with van der Waals surface area (Å²) in [5, 5.41) is 22.5. The molecule has 1 atom stereocenters. The van der Waals surface area contributed by atoms with Crippen LogP contribution in [0.1, 0.15) is 6.92 Å². The smallest absolute Gasteiger partial charge is 0.270 e. The van der Waals surface area contributed by atoms with Gasteiger partial charge in [0.25, 0.3) is 5.69 Å². The first-order valence-electron chi connectivity index (χ1n) is 5.96. The number of hydrogen-bond donors (Lipinski definition) is 3. The molecule has 0 heterocycles. The van der Waals surface area contributed by atoms with Gasteiger partial charge in [-0.1, -0.05) is 6.07 Å². The van der Waals surface area contributed by atoms with Crippen LogP contribution in [-0.4, -0.2) is 44.2 Å². The van der Waals surface area contributed by atoms with Gasteiger partial charge in [-0.2, -0.15) is 0 Å². The normalized spacial score (nSPS) is 13.1. The lowest BCUT2D eigenvalue weighted by Crippen LogP contribution is -2.34. The van der Waals surface area contributed by atoms with Gasteiger partial charge in [-0.15, -0.1) is 0 Å². The number of nitro groups is 1. The lowest BCUT2D eigenvalue weighted by atomic mass is 10.3. The average molecular weight is 303 g/mol. The maximum Gasteiger partial charge on any atom is 0.270 e. The molecule has 0 amide bonds. The van der Waals surface area contributed by atoms with Crippen LogP contribution in [-0.2, 0) is 10.0 Å². The number of non-ortho nitro benzene ring substituents is 1. The highest BCUT2D eigenvalue weighted by Gasteiger charge is 2.16. The van der Waals surface area contributed by atoms with E-state index in [1.54, 1.807) is 6.92 Å². The first kappa shape index (κ1) is 16.5. The topological polar surface area (TPSA) is 122 Å². The molecule has 8 nitrogen and oxygen atoms in total. The Kier molecular flexibility index (Phi) is 6.02. The molecule has 9 heteroatoms. The molecule has 0 radical (unpaired) electrons. The number of benzene rings is 1. The molecule has 1 aromatic carbocycles. The second kappa shape index (κ2) is 7.29. The molecule has 0 spiro atoms. The summed E-state index contributed by atoms with van der Waals surface area (Å²) in [6, 6.07) is 4.84. The van der Waals surface area contributed by atoms with Crippen LogP contribution in [0.15, 0.2) is 29.2 Å². The fourth-order valence-electron chi connectivity index (χ4n) is 1.43. The number of nitrogens with zero attached hydrogens (tertiary/aromatic N) is 1. The Morgan fingerprint density at radius 3 is 2.70 bits per heavy atom. The highest BCUT2D eigenvalue weighted by Crippen LogP contribution is 2.16. The Balaban J connectivity index is 2.60. The van der Waals surface area contributed by atoms with Crippen molar-refractivity contribution in [3.8, 4) is 0 Å². The highest BCUT2D eigenvalue weighted by molar-refractivity contribution is 7.89. The van der Waals surface area contributed by atoms with E-state index in [0.29, 0.717) is 13.1 Å². The predicted octanol–water partition coefficient (Wildman–Crippen LogP) is -0.156. The van der Waals surface area contributed by atoms with Crippen molar-refractivity contribution in [2.24, 2.45) is 0 Å². The third-order valence-electron chi connectivity index (χ3n) is 2.37. The van der Waals surface area contributed by atoms with E-state index < -0.39 is 21.1 Å². The molecule has 0 bridgehead atoms. The molecule has 0 aromatic heterocycles. The van der Waals surface area contributed by atoms with Gasteiger partial charge in [0.2, 0.25) is 10.0 Å². The minimum atomic E-state index is -3.77. The summed E-state index contributed by atoms with van der Waals surface area (Å²) in [4.78, 5) is 9.80. The van der Waals surface area contributed by atoms with E-state index in [1.165, 1.54) is 18.2 Å². The van der Waals surface area contributed by atoms with E-state index >= 15 is 0 Å². The van der Waals surface area contributed by atoms with Crippen molar-refractivity contribution in [1.82, 2.24) is 10.0 Å². The molecule has 20 heavy (non-hydrogen) atoms. The second-order valence-electron chi connectivity index (χ2n) is 4.21. The van der Waals surface area contributed by atoms with Gasteiger partial charge in [0.15, 0.2) is 0 Å². The van der Waals surface area contributed by atoms with E-state index in [9.17, 15) is 18.5 Å². The molecule has 1 rings (SSSR count). The fourth-order valence-corrected chi connectivity index (χ4v) is 2.50. The van der Waals surface area contributed by atoms with Crippen LogP contribution in [0.5, 0.6) is 0 Å². The number of aliphatic hydroxyl groups is 1. The molecule has 1 aromatic rings. The Bertz CT molecular complexity index is 559. The average Bonchev–Trinajstić information content (AvgIpc) is 2.38. The zero-order valence-electron chi connectivity index (χ0n) is 10.9. The molecule has 0 aliphatic rings. The number of aliphatic hydroxyl groups excluding tert-OH is 1. The minimum absolute atomic E-state index is 0.123. The summed E-state index contributed by atoms with van der Waals surface area (Å²) in [6.45, 7) is 2.44. The van der Waals surface area contributed by atoms with Gasteiger partial charge >= 0.3 is 0 Å². The molecule has 3 N–H and O–H groups in total. The predicted molar refractivity (Wildman–Crippen MR) is 72.8 cm³/mol. The lowest BCUT2D eigenvalue weighted by molar-refractivity contribution is -0.385. The quantitative estimate of drug-likeness (QED) is 0.348. The molecule has 112 valence electrons. The zero-order valence-corrected chi connectivity index (χ0v) is 11.8. The molecule has 0 fully saturated rings. The summed E-state index contributed by atoms with van der Waals surface area (Å²) >= 11 is 0. The zero-order chi connectivity index (χ0) is 15.2. The summed E-state index contributed by atoms with van der Waals surface area (Å²) in [6.07, 6.45) is -0.511. The van der Waals surface area contributed by atoms with Gasteiger partial charge in [0, 0.05) is 31.8 Å². The van der Waals surface area contributed by atoms with Crippen LogP contribution >= 0.6 is 0 Å². The first-order valence-corrected chi connectivity index (χ1v) is 7.44. The van der Waals surface area contributed by atoms with E-state index in [0.717, 1.165) is 6.07 Å². The van der Waals surface area contributed by atoms with Crippen molar-refractivity contribution in [3.05, 3.63) is 34.4 Å². The number of nitro benzene ring substituents is 1. The van der Waals surface area contributed by atoms with Gasteiger partial charge in [0.1, 0.15) is 0 Å². The third kappa shape index (κ3) is 5.21. The van der Waals surface area contributed by atoms with Crippen LogP contribution in [0.4, 0.5) is 5.69 Å². The van der Waals surface area contributed by atoms with Gasteiger partial charge < -0.3 is 10.4 Å². The van der Waals surface area contributed by atoms with Gasteiger partial charge in [-0.25, -0.2) is 13.1 Å². The standard InChI is InChI=1S/C11H17N3O5S/c1-9(15)8-12-5-6-13-20(18,19)11-4-2-3-10(7-11)14(16)17/h2-4,7,9,12-13,15H,5-6,8H2,1H3. The molecular weight excluding hydrogens is 286 g/mol. The fraction of sp³-hybridized carbons (Fsp3) is 0.455. The summed E-state index contributed by atoms with van der Waals surface area (Å²) in [7, 11) is -3.77. The Morgan fingerprint density at radius 1 is 1.40 bits per heavy atom. The maximum absolute atomic E-state index is 11.9. The first-order chi connectivity index (χ1) is 9.33. The van der Waals surface area contributed by atoms with Crippen molar-refractivity contribution in [2.75, 3.05) is 19.6 Å². The molecule has 0 aliphatic heterocycles. The van der Waals surface area contributed by atoms with Crippen molar-refractivity contribution in [3.63, 3.8) is 0 Å². The SMILES string of the molecule is CC(O)CNCCNS(=O)(=O)c1cccc([N+](=O)[O-])c1. The monoisotopic (exact) mass is 303 g/mol. The van der Waals surface area contributed by atoms with Crippen LogP contribution in [0, 0.1) is 10.1 Å². The molecule has 0 saturated heterocycles. The molecular formula is C11H17N3O5S. The third-order valence-corrected chi connectivity index (χ3v) is 3.83. The Labute approximate surface area is 117 Å². The number of sulfonamides is 1. The second-order valence-corrected chi connectivity index (χ2v) is 5.97. The van der Waals surface area contributed by atoms with E-state index in [-0.39, 0.29) is 17.1 Å². The number of rotatable bonds is 8. The highest BCUT2D eigenvalue weighted by atomic mass is 32.2. The molecule has 0 saturated carbocycles. The minimum Gasteiger partial charge on any atom is -0.392 e. The maximum atomic E-state index is 11.9. The Morgan fingerprint density at radius 2 is 2.10 bits per heavy atom. The van der Waals surface area contributed by atoms with Crippen LogP contribution in [0.3, 0.4) is 0 Å². The largest absolute Gasteiger partial charge is 0.392 e. The van der Waals surface area contributed by atoms with E-state index in [2.05, 4.69) is 10.0 Å².